The van der Waals surface area contributed by atoms with Gasteiger partial charge >= 0.3 is 0 Å². The van der Waals surface area contributed by atoms with Gasteiger partial charge in [-0.25, -0.2) is 14.4 Å². The predicted octanol–water partition coefficient (Wildman–Crippen LogP) is 2.52. The van der Waals surface area contributed by atoms with Crippen LogP contribution in [-0.4, -0.2) is 29.1 Å². The molecular weight excluding hydrogens is 267 g/mol. The van der Waals surface area contributed by atoms with Gasteiger partial charge in [0.15, 0.2) is 0 Å². The molecule has 5 heteroatoms. The Balaban J connectivity index is 2.01. The summed E-state index contributed by atoms with van der Waals surface area (Å²) < 4.78 is 13.5. The van der Waals surface area contributed by atoms with Crippen LogP contribution >= 0.6 is 0 Å². The summed E-state index contributed by atoms with van der Waals surface area (Å²) in [6.45, 7) is 3.62. The number of benzene rings is 1. The van der Waals surface area contributed by atoms with Crippen molar-refractivity contribution in [3.63, 3.8) is 0 Å². The maximum Gasteiger partial charge on any atom is 0.126 e. The Morgan fingerprint density at radius 1 is 1.29 bits per heavy atom. The van der Waals surface area contributed by atoms with Gasteiger partial charge in [0, 0.05) is 24.7 Å². The van der Waals surface area contributed by atoms with Gasteiger partial charge in [-0.15, -0.1) is 0 Å². The minimum Gasteiger partial charge on any atom is -0.368 e. The fourth-order valence-electron chi connectivity index (χ4n) is 2.68. The number of aryl methyl sites for hydroxylation is 1. The molecule has 0 amide bonds. The number of hydrogen-bond acceptors (Lipinski definition) is 4. The molecule has 0 aliphatic carbocycles. The first kappa shape index (κ1) is 13.9. The Labute approximate surface area is 123 Å². The summed E-state index contributed by atoms with van der Waals surface area (Å²) in [5.41, 5.74) is 8.49. The molecule has 0 atom stereocenters. The third-order valence-electron chi connectivity index (χ3n) is 3.87. The summed E-state index contributed by atoms with van der Waals surface area (Å²) in [7, 11) is 0. The lowest BCUT2D eigenvalue weighted by Crippen LogP contribution is -2.40. The molecule has 1 fully saturated rings. The molecule has 1 aromatic carbocycles. The van der Waals surface area contributed by atoms with Crippen molar-refractivity contribution in [2.45, 2.75) is 25.8 Å². The van der Waals surface area contributed by atoms with Gasteiger partial charge in [0.1, 0.15) is 11.6 Å². The van der Waals surface area contributed by atoms with Gasteiger partial charge in [0.05, 0.1) is 17.6 Å². The van der Waals surface area contributed by atoms with Crippen LogP contribution in [0.3, 0.4) is 0 Å². The van der Waals surface area contributed by atoms with E-state index in [-0.39, 0.29) is 11.9 Å². The zero-order valence-electron chi connectivity index (χ0n) is 12.1. The van der Waals surface area contributed by atoms with E-state index >= 15 is 0 Å². The molecule has 1 aliphatic heterocycles. The van der Waals surface area contributed by atoms with Gasteiger partial charge < -0.3 is 10.6 Å². The summed E-state index contributed by atoms with van der Waals surface area (Å²) in [5.74, 6) is 0.433. The van der Waals surface area contributed by atoms with Crippen LogP contribution < -0.4 is 10.6 Å². The molecule has 3 rings (SSSR count). The van der Waals surface area contributed by atoms with E-state index in [1.807, 2.05) is 19.2 Å². The molecule has 0 bridgehead atoms. The molecule has 0 saturated carbocycles. The van der Waals surface area contributed by atoms with E-state index in [2.05, 4.69) is 14.9 Å². The van der Waals surface area contributed by atoms with Crippen LogP contribution in [0.25, 0.3) is 11.3 Å². The van der Waals surface area contributed by atoms with Gasteiger partial charge in [-0.2, -0.15) is 0 Å². The minimum atomic E-state index is -0.254. The van der Waals surface area contributed by atoms with Crippen molar-refractivity contribution in [1.82, 2.24) is 9.97 Å². The van der Waals surface area contributed by atoms with Crippen molar-refractivity contribution in [2.24, 2.45) is 5.73 Å². The normalized spacial score (nSPS) is 16.2. The highest BCUT2D eigenvalue weighted by molar-refractivity contribution is 5.74. The van der Waals surface area contributed by atoms with E-state index in [9.17, 15) is 4.39 Å². The summed E-state index contributed by atoms with van der Waals surface area (Å²) in [5, 5.41) is 0. The zero-order valence-corrected chi connectivity index (χ0v) is 12.1. The Bertz CT molecular complexity index is 636. The molecule has 2 heterocycles. The average Bonchev–Trinajstić information content (AvgIpc) is 2.48. The fourth-order valence-corrected chi connectivity index (χ4v) is 2.68. The molecule has 1 saturated heterocycles. The standard InChI is InChI=1S/C16H19FN4/c1-11-19-10-15(21-7-5-14(18)6-8-21)16(20-11)12-3-2-4-13(17)9-12/h2-4,9-10,14H,5-8,18H2,1H3. The van der Waals surface area contributed by atoms with Crippen molar-refractivity contribution in [1.29, 1.82) is 0 Å². The number of halogens is 1. The second kappa shape index (κ2) is 5.77. The Morgan fingerprint density at radius 3 is 2.76 bits per heavy atom. The lowest BCUT2D eigenvalue weighted by molar-refractivity contribution is 0.501. The first-order valence-electron chi connectivity index (χ1n) is 7.23. The molecule has 0 unspecified atom stereocenters. The molecule has 2 aromatic rings. The monoisotopic (exact) mass is 286 g/mol. The third-order valence-corrected chi connectivity index (χ3v) is 3.87. The van der Waals surface area contributed by atoms with Crippen molar-refractivity contribution in [3.8, 4) is 11.3 Å². The lowest BCUT2D eigenvalue weighted by Gasteiger charge is -2.32. The summed E-state index contributed by atoms with van der Waals surface area (Å²) in [6.07, 6.45) is 3.74. The van der Waals surface area contributed by atoms with E-state index in [4.69, 9.17) is 5.73 Å². The second-order valence-corrected chi connectivity index (χ2v) is 5.49. The molecular formula is C16H19FN4. The maximum atomic E-state index is 13.5. The first-order chi connectivity index (χ1) is 10.1. The van der Waals surface area contributed by atoms with E-state index in [1.165, 1.54) is 12.1 Å². The third kappa shape index (κ3) is 3.03. The van der Waals surface area contributed by atoms with Gasteiger partial charge in [0.25, 0.3) is 0 Å². The van der Waals surface area contributed by atoms with Crippen LogP contribution in [0.15, 0.2) is 30.5 Å². The maximum absolute atomic E-state index is 13.5. The Kier molecular flexibility index (Phi) is 3.84. The highest BCUT2D eigenvalue weighted by Gasteiger charge is 2.20. The summed E-state index contributed by atoms with van der Waals surface area (Å²) >= 11 is 0. The smallest absolute Gasteiger partial charge is 0.126 e. The molecule has 21 heavy (non-hydrogen) atoms. The highest BCUT2D eigenvalue weighted by Crippen LogP contribution is 2.30. The second-order valence-electron chi connectivity index (χ2n) is 5.49. The lowest BCUT2D eigenvalue weighted by atomic mass is 10.0. The molecule has 0 radical (unpaired) electrons. The topological polar surface area (TPSA) is 55.0 Å². The van der Waals surface area contributed by atoms with Crippen LogP contribution in [0.2, 0.25) is 0 Å². The van der Waals surface area contributed by atoms with Crippen molar-refractivity contribution in [2.75, 3.05) is 18.0 Å². The van der Waals surface area contributed by atoms with Crippen LogP contribution in [0.1, 0.15) is 18.7 Å². The van der Waals surface area contributed by atoms with Gasteiger partial charge in [-0.1, -0.05) is 12.1 Å². The number of piperidine rings is 1. The molecule has 110 valence electrons. The van der Waals surface area contributed by atoms with E-state index in [1.54, 1.807) is 6.07 Å². The molecule has 2 N–H and O–H groups in total. The largest absolute Gasteiger partial charge is 0.368 e. The van der Waals surface area contributed by atoms with E-state index in [0.29, 0.717) is 5.82 Å². The number of nitrogens with two attached hydrogens (primary N) is 1. The van der Waals surface area contributed by atoms with E-state index < -0.39 is 0 Å². The molecule has 1 aromatic heterocycles. The van der Waals surface area contributed by atoms with Gasteiger partial charge in [0.2, 0.25) is 0 Å². The van der Waals surface area contributed by atoms with Crippen molar-refractivity contribution in [3.05, 3.63) is 42.1 Å². The minimum absolute atomic E-state index is 0.254. The van der Waals surface area contributed by atoms with Crippen molar-refractivity contribution >= 4 is 5.69 Å². The van der Waals surface area contributed by atoms with Crippen LogP contribution in [0.5, 0.6) is 0 Å². The van der Waals surface area contributed by atoms with Gasteiger partial charge in [-0.05, 0) is 31.9 Å². The number of nitrogens with zero attached hydrogens (tertiary/aromatic N) is 3. The van der Waals surface area contributed by atoms with Crippen LogP contribution in [-0.2, 0) is 0 Å². The average molecular weight is 286 g/mol. The van der Waals surface area contributed by atoms with Gasteiger partial charge in [-0.3, -0.25) is 0 Å². The number of rotatable bonds is 2. The Hall–Kier alpha value is -2.01. The molecule has 1 aliphatic rings. The van der Waals surface area contributed by atoms with Crippen LogP contribution in [0, 0.1) is 12.7 Å². The van der Waals surface area contributed by atoms with Crippen molar-refractivity contribution < 1.29 is 4.39 Å². The summed E-state index contributed by atoms with van der Waals surface area (Å²) in [6, 6.07) is 6.81. The summed E-state index contributed by atoms with van der Waals surface area (Å²) in [4.78, 5) is 11.1. The van der Waals surface area contributed by atoms with E-state index in [0.717, 1.165) is 42.9 Å². The highest BCUT2D eigenvalue weighted by atomic mass is 19.1. The predicted molar refractivity (Wildman–Crippen MR) is 81.6 cm³/mol. The number of anilines is 1. The van der Waals surface area contributed by atoms with Crippen LogP contribution in [0.4, 0.5) is 10.1 Å². The Morgan fingerprint density at radius 2 is 2.05 bits per heavy atom. The first-order valence-corrected chi connectivity index (χ1v) is 7.23. The number of hydrogen-bond donors (Lipinski definition) is 1. The quantitative estimate of drug-likeness (QED) is 0.921. The molecule has 0 spiro atoms. The molecule has 4 nitrogen and oxygen atoms in total. The SMILES string of the molecule is Cc1ncc(N2CCC(N)CC2)c(-c2cccc(F)c2)n1. The zero-order chi connectivity index (χ0) is 14.8. The number of aromatic nitrogens is 2. The fraction of sp³-hybridized carbons (Fsp3) is 0.375.